The Bertz CT molecular complexity index is 775. The van der Waals surface area contributed by atoms with Crippen LogP contribution in [0.5, 0.6) is 0 Å². The molecule has 2 aromatic carbocycles. The van der Waals surface area contributed by atoms with Crippen molar-refractivity contribution in [1.82, 2.24) is 4.90 Å². The van der Waals surface area contributed by atoms with Crippen LogP contribution in [0.3, 0.4) is 0 Å². The minimum Gasteiger partial charge on any atom is -0.330 e. The van der Waals surface area contributed by atoms with Crippen molar-refractivity contribution >= 4 is 35.6 Å². The van der Waals surface area contributed by atoms with Crippen LogP contribution in [0.2, 0.25) is 5.02 Å². The third-order valence-electron chi connectivity index (χ3n) is 5.11. The maximum Gasteiger partial charge on any atom is 0.241 e. The Hall–Kier alpha value is -1.66. The minimum absolute atomic E-state index is 0. The molecule has 3 rings (SSSR count). The van der Waals surface area contributed by atoms with Gasteiger partial charge in [0.2, 0.25) is 5.91 Å². The number of benzene rings is 2. The van der Waals surface area contributed by atoms with Crippen LogP contribution in [0, 0.1) is 11.7 Å². The molecule has 27 heavy (non-hydrogen) atoms. The highest BCUT2D eigenvalue weighted by atomic mass is 35.5. The molecule has 4 nitrogen and oxygen atoms in total. The molecule has 1 saturated heterocycles. The Morgan fingerprint density at radius 3 is 2.67 bits per heavy atom. The van der Waals surface area contributed by atoms with Crippen molar-refractivity contribution in [2.45, 2.75) is 18.9 Å². The van der Waals surface area contributed by atoms with Gasteiger partial charge in [0.05, 0.1) is 11.7 Å². The molecule has 0 saturated carbocycles. The number of nitrogens with two attached hydrogens (primary N) is 1. The summed E-state index contributed by atoms with van der Waals surface area (Å²) in [5.74, 6) is -0.177. The standard InChI is InChI=1S/C20H23ClFN3O.ClH/c1-13(20(26)24-19-9-16(21)7-8-18(19)22)25-11-15(10-23)17(12-25)14-5-3-2-4-6-14;/h2-9,13,15,17H,10-12,23H2,1H3,(H,24,26);1H/t13?,15-,17+;/m1./s1. The van der Waals surface area contributed by atoms with E-state index in [9.17, 15) is 9.18 Å². The molecule has 1 amide bonds. The van der Waals surface area contributed by atoms with Crippen molar-refractivity contribution in [3.8, 4) is 0 Å². The second-order valence-electron chi connectivity index (χ2n) is 6.76. The Balaban J connectivity index is 0.00000261. The van der Waals surface area contributed by atoms with Gasteiger partial charge in [-0.2, -0.15) is 0 Å². The van der Waals surface area contributed by atoms with E-state index in [1.165, 1.54) is 23.8 Å². The zero-order valence-electron chi connectivity index (χ0n) is 15.1. The third-order valence-corrected chi connectivity index (χ3v) is 5.35. The minimum atomic E-state index is -0.502. The molecule has 0 spiro atoms. The number of nitrogens with zero attached hydrogens (tertiary/aromatic N) is 1. The van der Waals surface area contributed by atoms with Crippen molar-refractivity contribution in [1.29, 1.82) is 0 Å². The fraction of sp³-hybridized carbons (Fsp3) is 0.350. The number of hydrogen-bond donors (Lipinski definition) is 2. The Morgan fingerprint density at radius 1 is 1.30 bits per heavy atom. The van der Waals surface area contributed by atoms with Gasteiger partial charge in [-0.3, -0.25) is 9.69 Å². The number of likely N-dealkylation sites (tertiary alicyclic amines) is 1. The SMILES string of the molecule is CC(C(=O)Nc1cc(Cl)ccc1F)N1C[C@@H](CN)[C@H](c2ccccc2)C1.Cl. The lowest BCUT2D eigenvalue weighted by molar-refractivity contribution is -0.120. The smallest absolute Gasteiger partial charge is 0.241 e. The predicted octanol–water partition coefficient (Wildman–Crippen LogP) is 3.90. The number of nitrogens with one attached hydrogen (secondary N) is 1. The van der Waals surface area contributed by atoms with Crippen molar-refractivity contribution in [2.75, 3.05) is 25.0 Å². The number of rotatable bonds is 5. The first-order valence-corrected chi connectivity index (χ1v) is 9.12. The lowest BCUT2D eigenvalue weighted by atomic mass is 9.89. The van der Waals surface area contributed by atoms with E-state index < -0.39 is 11.9 Å². The van der Waals surface area contributed by atoms with Gasteiger partial charge in [0.25, 0.3) is 0 Å². The maximum absolute atomic E-state index is 13.9. The molecule has 1 fully saturated rings. The molecular formula is C20H24Cl2FN3O. The number of carbonyl (C=O) groups is 1. The van der Waals surface area contributed by atoms with Gasteiger partial charge in [0.15, 0.2) is 0 Å². The van der Waals surface area contributed by atoms with E-state index in [1.54, 1.807) is 0 Å². The van der Waals surface area contributed by atoms with E-state index in [1.807, 2.05) is 25.1 Å². The first kappa shape index (κ1) is 21.6. The Labute approximate surface area is 170 Å². The molecule has 7 heteroatoms. The summed E-state index contributed by atoms with van der Waals surface area (Å²) in [7, 11) is 0. The highest BCUT2D eigenvalue weighted by Crippen LogP contribution is 2.33. The Kier molecular flexibility index (Phi) is 7.62. The molecule has 1 unspecified atom stereocenters. The topological polar surface area (TPSA) is 58.4 Å². The van der Waals surface area contributed by atoms with Crippen molar-refractivity contribution < 1.29 is 9.18 Å². The van der Waals surface area contributed by atoms with Crippen LogP contribution in [0.4, 0.5) is 10.1 Å². The quantitative estimate of drug-likeness (QED) is 0.783. The molecule has 3 N–H and O–H groups in total. The molecule has 2 aromatic rings. The molecule has 1 heterocycles. The van der Waals surface area contributed by atoms with Gasteiger partial charge in [-0.05, 0) is 43.1 Å². The fourth-order valence-electron chi connectivity index (χ4n) is 3.53. The van der Waals surface area contributed by atoms with Crippen LogP contribution in [0.25, 0.3) is 0 Å². The summed E-state index contributed by atoms with van der Waals surface area (Å²) in [5, 5.41) is 3.02. The second-order valence-corrected chi connectivity index (χ2v) is 7.19. The molecule has 146 valence electrons. The number of anilines is 1. The first-order valence-electron chi connectivity index (χ1n) is 8.74. The number of carbonyl (C=O) groups excluding carboxylic acids is 1. The van der Waals surface area contributed by atoms with Crippen LogP contribution in [0.1, 0.15) is 18.4 Å². The van der Waals surface area contributed by atoms with Gasteiger partial charge < -0.3 is 11.1 Å². The molecule has 0 aliphatic carbocycles. The van der Waals surface area contributed by atoms with E-state index in [4.69, 9.17) is 17.3 Å². The highest BCUT2D eigenvalue weighted by molar-refractivity contribution is 6.30. The van der Waals surface area contributed by atoms with Crippen LogP contribution in [-0.2, 0) is 4.79 Å². The molecule has 0 radical (unpaired) electrons. The average Bonchev–Trinajstić information content (AvgIpc) is 3.09. The van der Waals surface area contributed by atoms with Gasteiger partial charge in [0.1, 0.15) is 5.82 Å². The van der Waals surface area contributed by atoms with E-state index in [0.29, 0.717) is 17.5 Å². The lowest BCUT2D eigenvalue weighted by Crippen LogP contribution is -2.41. The summed E-state index contributed by atoms with van der Waals surface area (Å²) in [6.07, 6.45) is 0. The Morgan fingerprint density at radius 2 is 2.00 bits per heavy atom. The van der Waals surface area contributed by atoms with Crippen molar-refractivity contribution in [3.63, 3.8) is 0 Å². The molecule has 3 atom stereocenters. The van der Waals surface area contributed by atoms with Crippen LogP contribution < -0.4 is 11.1 Å². The molecule has 1 aliphatic rings. The van der Waals surface area contributed by atoms with Gasteiger partial charge >= 0.3 is 0 Å². The summed E-state index contributed by atoms with van der Waals surface area (Å²) < 4.78 is 13.9. The van der Waals surface area contributed by atoms with Crippen LogP contribution in [0.15, 0.2) is 48.5 Å². The van der Waals surface area contributed by atoms with Gasteiger partial charge in [-0.25, -0.2) is 4.39 Å². The number of halogens is 3. The monoisotopic (exact) mass is 411 g/mol. The average molecular weight is 412 g/mol. The lowest BCUT2D eigenvalue weighted by Gasteiger charge is -2.23. The summed E-state index contributed by atoms with van der Waals surface area (Å²) in [6, 6.07) is 13.9. The normalized spacial score (nSPS) is 20.7. The molecule has 1 aliphatic heterocycles. The number of hydrogen-bond acceptors (Lipinski definition) is 3. The van der Waals surface area contributed by atoms with E-state index >= 15 is 0 Å². The zero-order chi connectivity index (χ0) is 18.7. The third kappa shape index (κ3) is 4.99. The van der Waals surface area contributed by atoms with E-state index in [-0.39, 0.29) is 29.9 Å². The summed E-state index contributed by atoms with van der Waals surface area (Å²) in [6.45, 7) is 3.88. The maximum atomic E-state index is 13.9. The van der Waals surface area contributed by atoms with Gasteiger partial charge in [-0.15, -0.1) is 12.4 Å². The van der Waals surface area contributed by atoms with E-state index in [2.05, 4.69) is 22.3 Å². The van der Waals surface area contributed by atoms with Gasteiger partial charge in [-0.1, -0.05) is 41.9 Å². The van der Waals surface area contributed by atoms with Crippen LogP contribution >= 0.6 is 24.0 Å². The predicted molar refractivity (Wildman–Crippen MR) is 110 cm³/mol. The summed E-state index contributed by atoms with van der Waals surface area (Å²) >= 11 is 5.89. The molecular weight excluding hydrogens is 388 g/mol. The second kappa shape index (κ2) is 9.51. The van der Waals surface area contributed by atoms with Gasteiger partial charge in [0, 0.05) is 24.0 Å². The molecule has 0 bridgehead atoms. The van der Waals surface area contributed by atoms with E-state index in [0.717, 1.165) is 13.1 Å². The fourth-order valence-corrected chi connectivity index (χ4v) is 3.71. The molecule has 0 aromatic heterocycles. The number of amides is 1. The first-order chi connectivity index (χ1) is 12.5. The summed E-state index contributed by atoms with van der Waals surface area (Å²) in [4.78, 5) is 14.7. The zero-order valence-corrected chi connectivity index (χ0v) is 16.6. The highest BCUT2D eigenvalue weighted by Gasteiger charge is 2.37. The largest absolute Gasteiger partial charge is 0.330 e. The summed E-state index contributed by atoms with van der Waals surface area (Å²) in [5.41, 5.74) is 7.30. The van der Waals surface area contributed by atoms with Crippen molar-refractivity contribution in [3.05, 3.63) is 64.9 Å². The van der Waals surface area contributed by atoms with Crippen molar-refractivity contribution in [2.24, 2.45) is 11.7 Å². The van der Waals surface area contributed by atoms with Crippen LogP contribution in [-0.4, -0.2) is 36.5 Å².